The molecule has 7 nitrogen and oxygen atoms in total. The number of nitro groups is 1. The molecule has 0 aliphatic heterocycles. The Kier molecular flexibility index (Phi) is 3.75. The number of nitrogens with zero attached hydrogens (tertiary/aromatic N) is 2. The molecule has 1 amide bonds. The first-order valence-electron chi connectivity index (χ1n) is 6.39. The fourth-order valence-corrected chi connectivity index (χ4v) is 1.86. The molecule has 0 aliphatic rings. The molecule has 1 aromatic carbocycles. The number of hydrogen-bond donors (Lipinski definition) is 2. The highest BCUT2D eigenvalue weighted by atomic mass is 16.6. The van der Waals surface area contributed by atoms with Crippen molar-refractivity contribution in [1.82, 2.24) is 4.98 Å². The molecule has 3 N–H and O–H groups in total. The summed E-state index contributed by atoms with van der Waals surface area (Å²) in [5.74, 6) is -0.417. The monoisotopic (exact) mass is 288 g/mol. The molecule has 0 unspecified atom stereocenters. The molecule has 1 aromatic heterocycles. The van der Waals surface area contributed by atoms with E-state index in [1.165, 1.54) is 12.3 Å². The number of rotatable bonds is 5. The molecule has 0 aliphatic carbocycles. The van der Waals surface area contributed by atoms with Crippen molar-refractivity contribution in [2.75, 3.05) is 11.9 Å². The minimum absolute atomic E-state index is 0.0506. The van der Waals surface area contributed by atoms with Crippen LogP contribution in [0, 0.1) is 15.5 Å². The van der Waals surface area contributed by atoms with Crippen LogP contribution in [0.15, 0.2) is 30.5 Å². The fourth-order valence-electron chi connectivity index (χ4n) is 1.86. The highest BCUT2D eigenvalue weighted by molar-refractivity contribution is 5.97. The predicted molar refractivity (Wildman–Crippen MR) is 79.9 cm³/mol. The van der Waals surface area contributed by atoms with E-state index >= 15 is 0 Å². The molecule has 0 radical (unpaired) electrons. The van der Waals surface area contributed by atoms with Gasteiger partial charge in [-0.2, -0.15) is 0 Å². The van der Waals surface area contributed by atoms with Gasteiger partial charge in [0, 0.05) is 29.9 Å². The van der Waals surface area contributed by atoms with E-state index in [4.69, 9.17) is 5.73 Å². The number of hydrogen-bond acceptors (Lipinski definition) is 5. The average Bonchev–Trinajstić information content (AvgIpc) is 2.44. The van der Waals surface area contributed by atoms with Crippen molar-refractivity contribution in [1.29, 1.82) is 0 Å². The van der Waals surface area contributed by atoms with Gasteiger partial charge in [-0.15, -0.1) is 0 Å². The lowest BCUT2D eigenvalue weighted by Gasteiger charge is -2.22. The van der Waals surface area contributed by atoms with E-state index in [0.717, 1.165) is 0 Å². The Morgan fingerprint density at radius 3 is 2.76 bits per heavy atom. The number of carbonyl (C=O) groups excluding carboxylic acids is 1. The maximum Gasteiger partial charge on any atom is 0.295 e. The Hall–Kier alpha value is -2.70. The zero-order valence-corrected chi connectivity index (χ0v) is 11.8. The van der Waals surface area contributed by atoms with Crippen LogP contribution in [0.3, 0.4) is 0 Å². The number of carbonyl (C=O) groups is 1. The number of nitro benzene ring substituents is 1. The van der Waals surface area contributed by atoms with Gasteiger partial charge in [0.25, 0.3) is 5.69 Å². The lowest BCUT2D eigenvalue weighted by Crippen LogP contribution is -2.37. The summed E-state index contributed by atoms with van der Waals surface area (Å²) in [4.78, 5) is 25.9. The van der Waals surface area contributed by atoms with Gasteiger partial charge in [0.2, 0.25) is 5.91 Å². The van der Waals surface area contributed by atoms with Gasteiger partial charge in [-0.3, -0.25) is 14.9 Å². The molecule has 1 heterocycles. The topological polar surface area (TPSA) is 111 Å². The smallest absolute Gasteiger partial charge is 0.295 e. The zero-order chi connectivity index (χ0) is 15.6. The van der Waals surface area contributed by atoms with Crippen molar-refractivity contribution >= 4 is 28.2 Å². The summed E-state index contributed by atoms with van der Waals surface area (Å²) in [6, 6.07) is 6.46. The van der Waals surface area contributed by atoms with Crippen LogP contribution in [0.1, 0.15) is 13.8 Å². The lowest BCUT2D eigenvalue weighted by atomic mass is 9.92. The summed E-state index contributed by atoms with van der Waals surface area (Å²) in [6.45, 7) is 3.78. The van der Waals surface area contributed by atoms with Crippen LogP contribution in [-0.2, 0) is 4.79 Å². The van der Waals surface area contributed by atoms with E-state index < -0.39 is 16.2 Å². The van der Waals surface area contributed by atoms with Crippen molar-refractivity contribution in [2.24, 2.45) is 11.1 Å². The number of benzene rings is 1. The molecule has 0 bridgehead atoms. The van der Waals surface area contributed by atoms with E-state index in [1.54, 1.807) is 32.0 Å². The van der Waals surface area contributed by atoms with Crippen LogP contribution in [0.4, 0.5) is 11.4 Å². The largest absolute Gasteiger partial charge is 0.383 e. The van der Waals surface area contributed by atoms with Gasteiger partial charge in [-0.05, 0) is 32.0 Å². The van der Waals surface area contributed by atoms with E-state index in [2.05, 4.69) is 10.3 Å². The Bertz CT molecular complexity index is 712. The van der Waals surface area contributed by atoms with Gasteiger partial charge in [0.1, 0.15) is 5.52 Å². The quantitative estimate of drug-likeness (QED) is 0.646. The summed E-state index contributed by atoms with van der Waals surface area (Å²) in [5.41, 5.74) is 5.54. The Balaban J connectivity index is 2.40. The fraction of sp³-hybridized carbons (Fsp3) is 0.286. The maximum absolute atomic E-state index is 11.3. The Labute approximate surface area is 121 Å². The second kappa shape index (κ2) is 5.35. The van der Waals surface area contributed by atoms with Gasteiger partial charge in [0.05, 0.1) is 10.3 Å². The highest BCUT2D eigenvalue weighted by Gasteiger charge is 2.25. The molecule has 21 heavy (non-hydrogen) atoms. The third-order valence-corrected chi connectivity index (χ3v) is 3.33. The molecule has 0 atom stereocenters. The van der Waals surface area contributed by atoms with Gasteiger partial charge in [0.15, 0.2) is 0 Å². The number of fused-ring (bicyclic) bond motifs is 1. The second-order valence-corrected chi connectivity index (χ2v) is 5.39. The van der Waals surface area contributed by atoms with E-state index in [-0.39, 0.29) is 5.69 Å². The van der Waals surface area contributed by atoms with Crippen LogP contribution in [0.2, 0.25) is 0 Å². The minimum atomic E-state index is -0.726. The van der Waals surface area contributed by atoms with E-state index in [1.807, 2.05) is 0 Å². The molecular formula is C14H16N4O3. The predicted octanol–water partition coefficient (Wildman–Crippen LogP) is 2.07. The molecule has 110 valence electrons. The van der Waals surface area contributed by atoms with E-state index in [9.17, 15) is 14.9 Å². The molecular weight excluding hydrogens is 272 g/mol. The molecule has 0 fully saturated rings. The summed E-state index contributed by atoms with van der Waals surface area (Å²) in [6.07, 6.45) is 1.51. The molecule has 2 aromatic rings. The van der Waals surface area contributed by atoms with Gasteiger partial charge in [-0.1, -0.05) is 0 Å². The first kappa shape index (κ1) is 14.7. The number of nitrogens with two attached hydrogens (primary N) is 1. The van der Waals surface area contributed by atoms with Crippen molar-refractivity contribution in [2.45, 2.75) is 13.8 Å². The third kappa shape index (κ3) is 2.91. The highest BCUT2D eigenvalue weighted by Crippen LogP contribution is 2.30. The van der Waals surface area contributed by atoms with Gasteiger partial charge >= 0.3 is 0 Å². The zero-order valence-electron chi connectivity index (χ0n) is 11.8. The Morgan fingerprint density at radius 2 is 2.14 bits per heavy atom. The van der Waals surface area contributed by atoms with E-state index in [0.29, 0.717) is 23.1 Å². The second-order valence-electron chi connectivity index (χ2n) is 5.39. The SMILES string of the molecule is CC(C)(CNc1ccc([N+](=O)[O-])c2ncccc12)C(N)=O. The van der Waals surface area contributed by atoms with Gasteiger partial charge < -0.3 is 11.1 Å². The summed E-state index contributed by atoms with van der Waals surface area (Å²) in [7, 11) is 0. The van der Waals surface area contributed by atoms with Crippen LogP contribution in [0.5, 0.6) is 0 Å². The number of anilines is 1. The van der Waals surface area contributed by atoms with Gasteiger partial charge in [-0.25, -0.2) is 4.98 Å². The standard InChI is InChI=1S/C14H16N4O3/c1-14(2,13(15)19)8-17-10-5-6-11(18(20)21)12-9(10)4-3-7-16-12/h3-7,17H,8H2,1-2H3,(H2,15,19). The van der Waals surface area contributed by atoms with Crippen LogP contribution < -0.4 is 11.1 Å². The summed E-state index contributed by atoms with van der Waals surface area (Å²) in [5, 5.41) is 14.8. The first-order chi connectivity index (χ1) is 9.83. The molecule has 7 heteroatoms. The van der Waals surface area contributed by atoms with Crippen molar-refractivity contribution < 1.29 is 9.72 Å². The number of aromatic nitrogens is 1. The third-order valence-electron chi connectivity index (χ3n) is 3.33. The van der Waals surface area contributed by atoms with Crippen molar-refractivity contribution in [3.63, 3.8) is 0 Å². The molecule has 0 spiro atoms. The molecule has 2 rings (SSSR count). The van der Waals surface area contributed by atoms with Crippen LogP contribution in [-0.4, -0.2) is 22.4 Å². The van der Waals surface area contributed by atoms with Crippen LogP contribution in [0.25, 0.3) is 10.9 Å². The normalized spacial score (nSPS) is 11.3. The summed E-state index contributed by atoms with van der Waals surface area (Å²) >= 11 is 0. The lowest BCUT2D eigenvalue weighted by molar-refractivity contribution is -0.383. The molecule has 0 saturated heterocycles. The van der Waals surface area contributed by atoms with Crippen molar-refractivity contribution in [3.8, 4) is 0 Å². The number of nitrogens with one attached hydrogen (secondary N) is 1. The Morgan fingerprint density at radius 1 is 1.43 bits per heavy atom. The van der Waals surface area contributed by atoms with Crippen molar-refractivity contribution in [3.05, 3.63) is 40.6 Å². The first-order valence-corrected chi connectivity index (χ1v) is 6.39. The minimum Gasteiger partial charge on any atom is -0.383 e. The number of amides is 1. The maximum atomic E-state index is 11.3. The number of non-ortho nitro benzene ring substituents is 1. The number of pyridine rings is 1. The summed E-state index contributed by atoms with van der Waals surface area (Å²) < 4.78 is 0. The average molecular weight is 288 g/mol. The number of primary amides is 1. The van der Waals surface area contributed by atoms with Crippen LogP contribution >= 0.6 is 0 Å². The molecule has 0 saturated carbocycles.